The van der Waals surface area contributed by atoms with E-state index in [0.29, 0.717) is 17.7 Å². The van der Waals surface area contributed by atoms with Gasteiger partial charge >= 0.3 is 5.97 Å². The van der Waals surface area contributed by atoms with Gasteiger partial charge in [0.25, 0.3) is 0 Å². The van der Waals surface area contributed by atoms with Crippen LogP contribution >= 0.6 is 11.6 Å². The first-order valence-electron chi connectivity index (χ1n) is 5.94. The Bertz CT molecular complexity index is 451. The molecule has 0 aromatic carbocycles. The number of aliphatic carboxylic acids is 1. The minimum absolute atomic E-state index is 0.164. The lowest BCUT2D eigenvalue weighted by atomic mass is 10.1. The molecule has 0 aliphatic carbocycles. The number of carbonyl (C=O) groups excluding carboxylic acids is 1. The van der Waals surface area contributed by atoms with Gasteiger partial charge in [0.15, 0.2) is 0 Å². The summed E-state index contributed by atoms with van der Waals surface area (Å²) in [6.07, 6.45) is 0.559. The van der Waals surface area contributed by atoms with Crippen molar-refractivity contribution in [3.8, 4) is 0 Å². The number of aryl methyl sites for hydroxylation is 1. The Hall–Kier alpha value is -1.56. The van der Waals surface area contributed by atoms with Gasteiger partial charge in [-0.15, -0.1) is 0 Å². The molecule has 1 aromatic heterocycles. The van der Waals surface area contributed by atoms with Crippen molar-refractivity contribution in [1.82, 2.24) is 10.1 Å². The molecule has 1 amide bonds. The van der Waals surface area contributed by atoms with Crippen molar-refractivity contribution in [3.05, 3.63) is 16.5 Å². The predicted octanol–water partition coefficient (Wildman–Crippen LogP) is 1.89. The zero-order valence-corrected chi connectivity index (χ0v) is 11.9. The van der Waals surface area contributed by atoms with Crippen LogP contribution in [-0.4, -0.2) is 39.6 Å². The van der Waals surface area contributed by atoms with Crippen molar-refractivity contribution in [2.75, 3.05) is 6.54 Å². The molecule has 1 N–H and O–H groups in total. The van der Waals surface area contributed by atoms with Gasteiger partial charge in [0, 0.05) is 18.0 Å². The summed E-state index contributed by atoms with van der Waals surface area (Å²) in [4.78, 5) is 24.0. The lowest BCUT2D eigenvalue weighted by molar-refractivity contribution is -0.145. The quantitative estimate of drug-likeness (QED) is 0.864. The van der Waals surface area contributed by atoms with Gasteiger partial charge in [-0.3, -0.25) is 9.59 Å². The van der Waals surface area contributed by atoms with E-state index in [0.717, 1.165) is 0 Å². The largest absolute Gasteiger partial charge is 0.480 e. The molecule has 0 aliphatic rings. The van der Waals surface area contributed by atoms with Crippen LogP contribution in [-0.2, 0) is 16.0 Å². The second-order valence-corrected chi connectivity index (χ2v) is 4.87. The molecule has 0 spiro atoms. The number of nitrogens with zero attached hydrogens (tertiary/aromatic N) is 2. The smallest absolute Gasteiger partial charge is 0.323 e. The first kappa shape index (κ1) is 15.5. The highest BCUT2D eigenvalue weighted by Gasteiger charge is 2.21. The van der Waals surface area contributed by atoms with Crippen LogP contribution in [0.15, 0.2) is 4.52 Å². The van der Waals surface area contributed by atoms with E-state index < -0.39 is 5.97 Å². The summed E-state index contributed by atoms with van der Waals surface area (Å²) in [6, 6.07) is -0.164. The third-order valence-electron chi connectivity index (χ3n) is 2.77. The minimum Gasteiger partial charge on any atom is -0.480 e. The molecule has 0 aliphatic heterocycles. The van der Waals surface area contributed by atoms with Crippen molar-refractivity contribution >= 4 is 23.5 Å². The molecule has 0 bridgehead atoms. The van der Waals surface area contributed by atoms with E-state index in [4.69, 9.17) is 21.2 Å². The number of hydrogen-bond donors (Lipinski definition) is 1. The molecular weight excluding hydrogens is 272 g/mol. The third-order valence-corrected chi connectivity index (χ3v) is 3.07. The predicted molar refractivity (Wildman–Crippen MR) is 69.1 cm³/mol. The Balaban J connectivity index is 2.65. The van der Waals surface area contributed by atoms with Gasteiger partial charge in [-0.1, -0.05) is 5.16 Å². The molecule has 0 unspecified atom stereocenters. The van der Waals surface area contributed by atoms with Gasteiger partial charge in [-0.25, -0.2) is 0 Å². The molecular formula is C12H17ClN2O4. The van der Waals surface area contributed by atoms with E-state index in [1.54, 1.807) is 20.8 Å². The molecule has 0 saturated heterocycles. The van der Waals surface area contributed by atoms with E-state index >= 15 is 0 Å². The van der Waals surface area contributed by atoms with E-state index in [2.05, 4.69) is 5.16 Å². The maximum atomic E-state index is 12.0. The van der Waals surface area contributed by atoms with E-state index in [1.165, 1.54) is 4.90 Å². The molecule has 0 fully saturated rings. The molecule has 0 saturated carbocycles. The second-order valence-electron chi connectivity index (χ2n) is 4.53. The lowest BCUT2D eigenvalue weighted by Gasteiger charge is -2.24. The molecule has 19 heavy (non-hydrogen) atoms. The van der Waals surface area contributed by atoms with Gasteiger partial charge in [0.2, 0.25) is 11.1 Å². The van der Waals surface area contributed by atoms with E-state index in [1.807, 2.05) is 0 Å². The first-order valence-corrected chi connectivity index (χ1v) is 6.32. The van der Waals surface area contributed by atoms with Gasteiger partial charge < -0.3 is 14.5 Å². The normalized spacial score (nSPS) is 10.8. The van der Waals surface area contributed by atoms with Crippen LogP contribution in [0.2, 0.25) is 5.22 Å². The summed E-state index contributed by atoms with van der Waals surface area (Å²) >= 11 is 5.81. The summed E-state index contributed by atoms with van der Waals surface area (Å²) in [5.41, 5.74) is 1.33. The van der Waals surface area contributed by atoms with E-state index in [-0.39, 0.29) is 30.1 Å². The maximum absolute atomic E-state index is 12.0. The number of carbonyl (C=O) groups is 2. The highest BCUT2D eigenvalue weighted by molar-refractivity contribution is 6.29. The fraction of sp³-hybridized carbons (Fsp3) is 0.583. The number of hydrogen-bond acceptors (Lipinski definition) is 4. The number of amides is 1. The first-order chi connectivity index (χ1) is 8.82. The summed E-state index contributed by atoms with van der Waals surface area (Å²) in [7, 11) is 0. The van der Waals surface area contributed by atoms with Gasteiger partial charge in [0.05, 0.1) is 5.69 Å². The van der Waals surface area contributed by atoms with Crippen molar-refractivity contribution < 1.29 is 19.2 Å². The highest BCUT2D eigenvalue weighted by Crippen LogP contribution is 2.21. The molecule has 7 heteroatoms. The van der Waals surface area contributed by atoms with E-state index in [9.17, 15) is 9.59 Å². The average molecular weight is 289 g/mol. The molecule has 1 heterocycles. The lowest BCUT2D eigenvalue weighted by Crippen LogP contribution is -2.40. The number of carboxylic acids is 1. The highest BCUT2D eigenvalue weighted by atomic mass is 35.5. The summed E-state index contributed by atoms with van der Waals surface area (Å²) < 4.78 is 4.80. The SMILES string of the molecule is Cc1noc(Cl)c1CCC(=O)N(CC(=O)O)C(C)C. The van der Waals surface area contributed by atoms with Crippen LogP contribution < -0.4 is 0 Å². The summed E-state index contributed by atoms with van der Waals surface area (Å²) in [5, 5.41) is 12.7. The van der Waals surface area contributed by atoms with Crippen molar-refractivity contribution in [1.29, 1.82) is 0 Å². The summed E-state index contributed by atoms with van der Waals surface area (Å²) in [5.74, 6) is -1.25. The van der Waals surface area contributed by atoms with Crippen LogP contribution in [0.1, 0.15) is 31.5 Å². The van der Waals surface area contributed by atoms with Gasteiger partial charge in [-0.2, -0.15) is 0 Å². The summed E-state index contributed by atoms with van der Waals surface area (Å²) in [6.45, 7) is 5.00. The molecule has 106 valence electrons. The van der Waals surface area contributed by atoms with Crippen LogP contribution in [0, 0.1) is 6.92 Å². The number of halogens is 1. The Labute approximate surface area is 116 Å². The number of aromatic nitrogens is 1. The second kappa shape index (κ2) is 6.56. The Kier molecular flexibility index (Phi) is 5.35. The zero-order chi connectivity index (χ0) is 14.6. The molecule has 0 atom stereocenters. The van der Waals surface area contributed by atoms with Crippen LogP contribution in [0.4, 0.5) is 0 Å². The van der Waals surface area contributed by atoms with Crippen molar-refractivity contribution in [3.63, 3.8) is 0 Å². The van der Waals surface area contributed by atoms with Crippen molar-refractivity contribution in [2.24, 2.45) is 0 Å². The number of rotatable bonds is 6. The monoisotopic (exact) mass is 288 g/mol. The zero-order valence-electron chi connectivity index (χ0n) is 11.1. The molecule has 6 nitrogen and oxygen atoms in total. The standard InChI is InChI=1S/C12H17ClN2O4/c1-7(2)15(6-11(17)18)10(16)5-4-9-8(3)14-19-12(9)13/h7H,4-6H2,1-3H3,(H,17,18). The fourth-order valence-corrected chi connectivity index (χ4v) is 1.99. The maximum Gasteiger partial charge on any atom is 0.323 e. The van der Waals surface area contributed by atoms with Crippen LogP contribution in [0.5, 0.6) is 0 Å². The van der Waals surface area contributed by atoms with Crippen LogP contribution in [0.3, 0.4) is 0 Å². The number of carboxylic acid groups (broad SMARTS) is 1. The fourth-order valence-electron chi connectivity index (χ4n) is 1.72. The molecule has 1 rings (SSSR count). The Morgan fingerprint density at radius 3 is 2.53 bits per heavy atom. The molecule has 0 radical (unpaired) electrons. The van der Waals surface area contributed by atoms with Gasteiger partial charge in [-0.05, 0) is 38.8 Å². The molecule has 1 aromatic rings. The average Bonchev–Trinajstić information content (AvgIpc) is 2.62. The third kappa shape index (κ3) is 4.24. The Morgan fingerprint density at radius 1 is 1.47 bits per heavy atom. The topological polar surface area (TPSA) is 83.6 Å². The van der Waals surface area contributed by atoms with Crippen LogP contribution in [0.25, 0.3) is 0 Å². The van der Waals surface area contributed by atoms with Crippen molar-refractivity contribution in [2.45, 2.75) is 39.7 Å². The Morgan fingerprint density at radius 2 is 2.11 bits per heavy atom. The van der Waals surface area contributed by atoms with Gasteiger partial charge in [0.1, 0.15) is 6.54 Å². The minimum atomic E-state index is -1.03.